The van der Waals surface area contributed by atoms with Gasteiger partial charge in [0.2, 0.25) is 17.7 Å². The SMILES string of the molecule is CNC(C)(C)C/C=C/C(=O)N(C)C(Cc1ccc2ccccc2c1)C(=O)N(C)C(Cc1ccc(F)c(F)c1)C(=O)NCCc1ccccc1. The van der Waals surface area contributed by atoms with E-state index in [0.29, 0.717) is 24.9 Å². The summed E-state index contributed by atoms with van der Waals surface area (Å²) in [4.78, 5) is 44.5. The van der Waals surface area contributed by atoms with Gasteiger partial charge in [-0.05, 0) is 79.4 Å². The van der Waals surface area contributed by atoms with E-state index in [1.807, 2.05) is 93.7 Å². The second-order valence-corrected chi connectivity index (χ2v) is 13.0. The van der Waals surface area contributed by atoms with Gasteiger partial charge in [-0.25, -0.2) is 8.78 Å². The van der Waals surface area contributed by atoms with Crippen LogP contribution in [0.2, 0.25) is 0 Å². The van der Waals surface area contributed by atoms with Gasteiger partial charge in [0.05, 0.1) is 0 Å². The predicted octanol–water partition coefficient (Wildman–Crippen LogP) is 5.86. The third kappa shape index (κ3) is 10.3. The summed E-state index contributed by atoms with van der Waals surface area (Å²) < 4.78 is 28.0. The Morgan fingerprint density at radius 2 is 1.39 bits per heavy atom. The molecule has 0 bridgehead atoms. The average Bonchev–Trinajstić information content (AvgIpc) is 3.10. The van der Waals surface area contributed by atoms with Crippen LogP contribution < -0.4 is 10.6 Å². The molecule has 7 nitrogen and oxygen atoms in total. The summed E-state index contributed by atoms with van der Waals surface area (Å²) in [7, 11) is 4.95. The van der Waals surface area contributed by atoms with Crippen LogP contribution in [0.3, 0.4) is 0 Å². The van der Waals surface area contributed by atoms with Gasteiger partial charge in [-0.3, -0.25) is 14.4 Å². The van der Waals surface area contributed by atoms with Crippen molar-refractivity contribution in [1.29, 1.82) is 0 Å². The summed E-state index contributed by atoms with van der Waals surface area (Å²) in [5.74, 6) is -3.30. The molecule has 0 aromatic heterocycles. The molecule has 4 rings (SSSR count). The lowest BCUT2D eigenvalue weighted by molar-refractivity contribution is -0.146. The van der Waals surface area contributed by atoms with E-state index in [1.54, 1.807) is 13.1 Å². The molecule has 4 aromatic rings. The summed E-state index contributed by atoms with van der Waals surface area (Å²) >= 11 is 0. The van der Waals surface area contributed by atoms with Crippen molar-refractivity contribution in [3.8, 4) is 0 Å². The minimum absolute atomic E-state index is 0.0596. The maximum atomic E-state index is 14.5. The van der Waals surface area contributed by atoms with E-state index in [2.05, 4.69) is 10.6 Å². The van der Waals surface area contributed by atoms with E-state index < -0.39 is 35.5 Å². The topological polar surface area (TPSA) is 81.8 Å². The molecule has 0 radical (unpaired) electrons. The van der Waals surface area contributed by atoms with Crippen molar-refractivity contribution in [2.24, 2.45) is 0 Å². The summed E-state index contributed by atoms with van der Waals surface area (Å²) in [6.07, 6.45) is 4.54. The zero-order valence-electron chi connectivity index (χ0n) is 28.9. The van der Waals surface area contributed by atoms with Gasteiger partial charge in [0, 0.05) is 39.0 Å². The van der Waals surface area contributed by atoms with E-state index in [4.69, 9.17) is 0 Å². The molecule has 0 aliphatic rings. The fraction of sp³-hybridized carbons (Fsp3) is 0.325. The van der Waals surface area contributed by atoms with Crippen LogP contribution in [0.25, 0.3) is 10.8 Å². The average molecular weight is 669 g/mol. The van der Waals surface area contributed by atoms with E-state index in [-0.39, 0.29) is 24.3 Å². The van der Waals surface area contributed by atoms with Crippen LogP contribution in [0.5, 0.6) is 0 Å². The molecule has 2 atom stereocenters. The molecule has 0 heterocycles. The highest BCUT2D eigenvalue weighted by Crippen LogP contribution is 2.21. The van der Waals surface area contributed by atoms with Gasteiger partial charge in [-0.1, -0.05) is 84.9 Å². The van der Waals surface area contributed by atoms with E-state index in [0.717, 1.165) is 34.0 Å². The Bertz CT molecular complexity index is 1780. The predicted molar refractivity (Wildman–Crippen MR) is 191 cm³/mol. The Morgan fingerprint density at radius 1 is 0.755 bits per heavy atom. The van der Waals surface area contributed by atoms with Gasteiger partial charge in [0.25, 0.3) is 0 Å². The smallest absolute Gasteiger partial charge is 0.246 e. The van der Waals surface area contributed by atoms with Crippen molar-refractivity contribution in [1.82, 2.24) is 20.4 Å². The largest absolute Gasteiger partial charge is 0.354 e. The molecular weight excluding hydrogens is 622 g/mol. The van der Waals surface area contributed by atoms with Crippen LogP contribution in [0.1, 0.15) is 37.0 Å². The van der Waals surface area contributed by atoms with Gasteiger partial charge in [0.1, 0.15) is 12.1 Å². The highest BCUT2D eigenvalue weighted by atomic mass is 19.2. The lowest BCUT2D eigenvalue weighted by Gasteiger charge is -2.34. The van der Waals surface area contributed by atoms with Crippen LogP contribution in [-0.4, -0.2) is 72.8 Å². The van der Waals surface area contributed by atoms with Crippen LogP contribution >= 0.6 is 0 Å². The van der Waals surface area contributed by atoms with Crippen LogP contribution in [0.4, 0.5) is 8.78 Å². The number of nitrogens with zero attached hydrogens (tertiary/aromatic N) is 2. The zero-order valence-corrected chi connectivity index (χ0v) is 28.9. The van der Waals surface area contributed by atoms with Crippen molar-refractivity contribution in [2.75, 3.05) is 27.7 Å². The van der Waals surface area contributed by atoms with Crippen molar-refractivity contribution < 1.29 is 23.2 Å². The molecule has 0 saturated heterocycles. The highest BCUT2D eigenvalue weighted by Gasteiger charge is 2.35. The zero-order chi connectivity index (χ0) is 35.6. The van der Waals surface area contributed by atoms with Gasteiger partial charge in [-0.2, -0.15) is 0 Å². The number of nitrogens with one attached hydrogen (secondary N) is 2. The van der Waals surface area contributed by atoms with Crippen molar-refractivity contribution in [3.05, 3.63) is 131 Å². The Kier molecular flexibility index (Phi) is 12.8. The number of halogens is 2. The number of carbonyl (C=O) groups excluding carboxylic acids is 3. The molecule has 258 valence electrons. The molecule has 0 spiro atoms. The van der Waals surface area contributed by atoms with Gasteiger partial charge >= 0.3 is 0 Å². The molecular formula is C40H46F2N4O3. The molecule has 4 aromatic carbocycles. The molecule has 0 fully saturated rings. The molecule has 3 amide bonds. The summed E-state index contributed by atoms with van der Waals surface area (Å²) in [6, 6.07) is 24.9. The van der Waals surface area contributed by atoms with Gasteiger partial charge in [-0.15, -0.1) is 0 Å². The Labute approximate surface area is 288 Å². The second kappa shape index (κ2) is 17.0. The molecule has 0 saturated carbocycles. The maximum absolute atomic E-state index is 14.5. The van der Waals surface area contributed by atoms with Crippen molar-refractivity contribution in [3.63, 3.8) is 0 Å². The summed E-state index contributed by atoms with van der Waals surface area (Å²) in [6.45, 7) is 4.35. The number of amides is 3. The number of hydrogen-bond acceptors (Lipinski definition) is 4. The Morgan fingerprint density at radius 3 is 2.08 bits per heavy atom. The van der Waals surface area contributed by atoms with E-state index >= 15 is 0 Å². The third-order valence-corrected chi connectivity index (χ3v) is 9.00. The first kappa shape index (κ1) is 36.9. The minimum Gasteiger partial charge on any atom is -0.354 e. The quantitative estimate of drug-likeness (QED) is 0.156. The first-order valence-electron chi connectivity index (χ1n) is 16.5. The molecule has 0 aliphatic heterocycles. The summed E-state index contributed by atoms with van der Waals surface area (Å²) in [5.41, 5.74) is 2.00. The number of benzene rings is 4. The van der Waals surface area contributed by atoms with Crippen LogP contribution in [-0.2, 0) is 33.6 Å². The Balaban J connectivity index is 1.64. The van der Waals surface area contributed by atoms with Crippen LogP contribution in [0, 0.1) is 11.6 Å². The fourth-order valence-electron chi connectivity index (χ4n) is 5.58. The van der Waals surface area contributed by atoms with Gasteiger partial charge in [0.15, 0.2) is 11.6 Å². The lowest BCUT2D eigenvalue weighted by Crippen LogP contribution is -2.56. The molecule has 9 heteroatoms. The molecule has 2 N–H and O–H groups in total. The summed E-state index contributed by atoms with van der Waals surface area (Å²) in [5, 5.41) is 8.17. The van der Waals surface area contributed by atoms with Crippen molar-refractivity contribution in [2.45, 2.75) is 57.2 Å². The van der Waals surface area contributed by atoms with Crippen molar-refractivity contribution >= 4 is 28.5 Å². The molecule has 2 unspecified atom stereocenters. The monoisotopic (exact) mass is 668 g/mol. The first-order chi connectivity index (χ1) is 23.4. The van der Waals surface area contributed by atoms with Crippen LogP contribution in [0.15, 0.2) is 103 Å². The van der Waals surface area contributed by atoms with E-state index in [1.165, 1.54) is 29.0 Å². The number of likely N-dealkylation sites (N-methyl/N-ethyl adjacent to an activating group) is 2. The minimum atomic E-state index is -1.07. The normalized spacial score (nSPS) is 12.9. The fourth-order valence-corrected chi connectivity index (χ4v) is 5.58. The molecule has 49 heavy (non-hydrogen) atoms. The van der Waals surface area contributed by atoms with E-state index in [9.17, 15) is 23.2 Å². The third-order valence-electron chi connectivity index (χ3n) is 9.00. The second-order valence-electron chi connectivity index (χ2n) is 13.0. The number of carbonyl (C=O) groups is 3. The van der Waals surface area contributed by atoms with Gasteiger partial charge < -0.3 is 20.4 Å². The molecule has 0 aliphatic carbocycles. The number of fused-ring (bicyclic) bond motifs is 1. The standard InChI is InChI=1S/C40H46F2N4O3/c1-40(2,43-3)22-11-16-37(47)45(4)36(27-29-17-19-31-14-9-10-15-32(31)24-29)39(49)46(5)35(26-30-18-20-33(41)34(42)25-30)38(48)44-23-21-28-12-7-6-8-13-28/h6-20,24-25,35-36,43H,21-23,26-27H2,1-5H3,(H,44,48)/b16-11+. The Hall–Kier alpha value is -4.89. The highest BCUT2D eigenvalue weighted by molar-refractivity contribution is 5.95. The maximum Gasteiger partial charge on any atom is 0.246 e. The first-order valence-corrected chi connectivity index (χ1v) is 16.5. The lowest BCUT2D eigenvalue weighted by atomic mass is 9.98. The number of hydrogen-bond donors (Lipinski definition) is 2. The number of rotatable bonds is 15.